The van der Waals surface area contributed by atoms with E-state index in [0.717, 1.165) is 0 Å². The standard InChI is InChI=1S/C19H22FN3O3/c1-21-17-16(7-4-9-22-17)18(24)23-10-8-19(12-23,25-2)13-26-15-6-3-5-14(20)11-15/h3-7,9,11H,8,10,12-13H2,1-2H3,(H,21,22)/t19-/m0/s1. The molecule has 0 aliphatic carbocycles. The fraction of sp³-hybridized carbons (Fsp3) is 0.368. The number of hydrogen-bond acceptors (Lipinski definition) is 5. The fourth-order valence-electron chi connectivity index (χ4n) is 3.08. The zero-order valence-electron chi connectivity index (χ0n) is 14.9. The van der Waals surface area contributed by atoms with Gasteiger partial charge in [-0.1, -0.05) is 6.07 Å². The Balaban J connectivity index is 1.69. The normalized spacial score (nSPS) is 19.4. The minimum absolute atomic E-state index is 0.105. The maximum atomic E-state index is 13.3. The van der Waals surface area contributed by atoms with Crippen molar-refractivity contribution in [2.24, 2.45) is 0 Å². The number of nitrogens with one attached hydrogen (secondary N) is 1. The average Bonchev–Trinajstić information content (AvgIpc) is 3.11. The van der Waals surface area contributed by atoms with Gasteiger partial charge < -0.3 is 19.7 Å². The summed E-state index contributed by atoms with van der Waals surface area (Å²) in [5.41, 5.74) is -0.0998. The van der Waals surface area contributed by atoms with E-state index >= 15 is 0 Å². The number of pyridine rings is 1. The number of nitrogens with zero attached hydrogens (tertiary/aromatic N) is 2. The van der Waals surface area contributed by atoms with E-state index in [2.05, 4.69) is 10.3 Å². The van der Waals surface area contributed by atoms with Crippen LogP contribution in [-0.2, 0) is 4.74 Å². The predicted molar refractivity (Wildman–Crippen MR) is 95.9 cm³/mol. The zero-order valence-corrected chi connectivity index (χ0v) is 14.9. The number of aromatic nitrogens is 1. The van der Waals surface area contributed by atoms with Crippen LogP contribution in [0.25, 0.3) is 0 Å². The summed E-state index contributed by atoms with van der Waals surface area (Å²) < 4.78 is 24.7. The summed E-state index contributed by atoms with van der Waals surface area (Å²) in [5, 5.41) is 2.94. The molecule has 0 saturated carbocycles. The minimum atomic E-state index is -0.621. The molecule has 7 heteroatoms. The number of hydrogen-bond donors (Lipinski definition) is 1. The Bertz CT molecular complexity index is 786. The highest BCUT2D eigenvalue weighted by molar-refractivity contribution is 5.98. The van der Waals surface area contributed by atoms with Crippen molar-refractivity contribution in [1.29, 1.82) is 0 Å². The molecule has 3 rings (SSSR count). The molecule has 1 aliphatic heterocycles. The molecule has 2 heterocycles. The molecule has 2 aromatic rings. The van der Waals surface area contributed by atoms with Gasteiger partial charge in [0, 0.05) is 33.0 Å². The third-order valence-electron chi connectivity index (χ3n) is 4.61. The van der Waals surface area contributed by atoms with Crippen molar-refractivity contribution in [2.75, 3.05) is 39.2 Å². The van der Waals surface area contributed by atoms with E-state index in [1.807, 2.05) is 0 Å². The number of amides is 1. The largest absolute Gasteiger partial charge is 0.490 e. The van der Waals surface area contributed by atoms with Crippen LogP contribution in [0.15, 0.2) is 42.6 Å². The average molecular weight is 359 g/mol. The van der Waals surface area contributed by atoms with Crippen LogP contribution in [0.2, 0.25) is 0 Å². The summed E-state index contributed by atoms with van der Waals surface area (Å²) >= 11 is 0. The highest BCUT2D eigenvalue weighted by Crippen LogP contribution is 2.28. The van der Waals surface area contributed by atoms with Crippen LogP contribution >= 0.6 is 0 Å². The predicted octanol–water partition coefficient (Wildman–Crippen LogP) is 2.57. The number of likely N-dealkylation sites (tertiary alicyclic amines) is 1. The molecular formula is C19H22FN3O3. The molecule has 0 bridgehead atoms. The summed E-state index contributed by atoms with van der Waals surface area (Å²) in [7, 11) is 3.33. The highest BCUT2D eigenvalue weighted by Gasteiger charge is 2.41. The van der Waals surface area contributed by atoms with Gasteiger partial charge in [0.1, 0.15) is 29.6 Å². The number of carbonyl (C=O) groups is 1. The van der Waals surface area contributed by atoms with Crippen LogP contribution in [0, 0.1) is 5.82 Å². The SMILES string of the molecule is CNc1ncccc1C(=O)N1CC[C@](COc2cccc(F)c2)(OC)C1. The van der Waals surface area contributed by atoms with Gasteiger partial charge in [0.05, 0.1) is 12.1 Å². The van der Waals surface area contributed by atoms with Gasteiger partial charge >= 0.3 is 0 Å². The van der Waals surface area contributed by atoms with Crippen LogP contribution in [0.3, 0.4) is 0 Å². The second kappa shape index (κ2) is 7.70. The Morgan fingerprint density at radius 2 is 2.23 bits per heavy atom. The lowest BCUT2D eigenvalue weighted by atomic mass is 10.0. The number of halogens is 1. The van der Waals surface area contributed by atoms with Gasteiger partial charge in [0.2, 0.25) is 0 Å². The lowest BCUT2D eigenvalue weighted by Crippen LogP contribution is -2.42. The molecule has 26 heavy (non-hydrogen) atoms. The molecule has 1 aliphatic rings. The third-order valence-corrected chi connectivity index (χ3v) is 4.61. The Morgan fingerprint density at radius 3 is 2.96 bits per heavy atom. The van der Waals surface area contributed by atoms with Gasteiger partial charge in [-0.25, -0.2) is 9.37 Å². The van der Waals surface area contributed by atoms with E-state index in [4.69, 9.17) is 9.47 Å². The van der Waals surface area contributed by atoms with E-state index in [1.165, 1.54) is 12.1 Å². The minimum Gasteiger partial charge on any atom is -0.490 e. The number of rotatable bonds is 6. The van der Waals surface area contributed by atoms with Gasteiger partial charge in [-0.05, 0) is 30.7 Å². The molecular weight excluding hydrogens is 337 g/mol. The van der Waals surface area contributed by atoms with Crippen LogP contribution in [0.5, 0.6) is 5.75 Å². The lowest BCUT2D eigenvalue weighted by molar-refractivity contribution is -0.0343. The smallest absolute Gasteiger partial charge is 0.257 e. The van der Waals surface area contributed by atoms with Crippen LogP contribution in [0.1, 0.15) is 16.8 Å². The van der Waals surface area contributed by atoms with E-state index in [9.17, 15) is 9.18 Å². The molecule has 6 nitrogen and oxygen atoms in total. The van der Waals surface area contributed by atoms with Crippen molar-refractivity contribution in [2.45, 2.75) is 12.0 Å². The molecule has 138 valence electrons. The van der Waals surface area contributed by atoms with Gasteiger partial charge in [-0.2, -0.15) is 0 Å². The first-order valence-electron chi connectivity index (χ1n) is 8.42. The van der Waals surface area contributed by atoms with Crippen molar-refractivity contribution in [1.82, 2.24) is 9.88 Å². The Labute approximate surface area is 151 Å². The first-order chi connectivity index (χ1) is 12.6. The molecule has 1 aromatic carbocycles. The van der Waals surface area contributed by atoms with Gasteiger partial charge in [-0.15, -0.1) is 0 Å². The molecule has 0 unspecified atom stereocenters. The van der Waals surface area contributed by atoms with Crippen molar-refractivity contribution in [3.05, 3.63) is 54.0 Å². The van der Waals surface area contributed by atoms with Crippen molar-refractivity contribution in [3.63, 3.8) is 0 Å². The maximum absolute atomic E-state index is 13.3. The molecule has 0 radical (unpaired) electrons. The third kappa shape index (κ3) is 3.77. The Morgan fingerprint density at radius 1 is 1.38 bits per heavy atom. The first-order valence-corrected chi connectivity index (χ1v) is 8.42. The van der Waals surface area contributed by atoms with Gasteiger partial charge in [-0.3, -0.25) is 4.79 Å². The van der Waals surface area contributed by atoms with Crippen LogP contribution < -0.4 is 10.1 Å². The second-order valence-electron chi connectivity index (χ2n) is 6.26. The Hall–Kier alpha value is -2.67. The maximum Gasteiger partial charge on any atom is 0.257 e. The number of ether oxygens (including phenoxy) is 2. The zero-order chi connectivity index (χ0) is 18.6. The second-order valence-corrected chi connectivity index (χ2v) is 6.26. The fourth-order valence-corrected chi connectivity index (χ4v) is 3.08. The van der Waals surface area contributed by atoms with Crippen molar-refractivity contribution < 1.29 is 18.7 Å². The number of benzene rings is 1. The van der Waals surface area contributed by atoms with Gasteiger partial charge in [0.15, 0.2) is 0 Å². The molecule has 1 N–H and O–H groups in total. The lowest BCUT2D eigenvalue weighted by Gasteiger charge is -2.28. The highest BCUT2D eigenvalue weighted by atomic mass is 19.1. The molecule has 1 saturated heterocycles. The van der Waals surface area contributed by atoms with Crippen molar-refractivity contribution in [3.8, 4) is 5.75 Å². The van der Waals surface area contributed by atoms with Crippen molar-refractivity contribution >= 4 is 11.7 Å². The quantitative estimate of drug-likeness (QED) is 0.859. The summed E-state index contributed by atoms with van der Waals surface area (Å²) in [6.45, 7) is 1.19. The van der Waals surface area contributed by atoms with Gasteiger partial charge in [0.25, 0.3) is 5.91 Å². The number of anilines is 1. The summed E-state index contributed by atoms with van der Waals surface area (Å²) in [6, 6.07) is 9.46. The van der Waals surface area contributed by atoms with Crippen LogP contribution in [0.4, 0.5) is 10.2 Å². The molecule has 1 atom stereocenters. The topological polar surface area (TPSA) is 63.7 Å². The monoisotopic (exact) mass is 359 g/mol. The summed E-state index contributed by atoms with van der Waals surface area (Å²) in [6.07, 6.45) is 2.28. The van der Waals surface area contributed by atoms with E-state index in [1.54, 1.807) is 49.5 Å². The van der Waals surface area contributed by atoms with Crippen LogP contribution in [-0.4, -0.2) is 55.2 Å². The first kappa shape index (κ1) is 18.1. The molecule has 0 spiro atoms. The Kier molecular flexibility index (Phi) is 5.37. The summed E-state index contributed by atoms with van der Waals surface area (Å²) in [4.78, 5) is 18.8. The summed E-state index contributed by atoms with van der Waals surface area (Å²) in [5.74, 6) is 0.528. The van der Waals surface area contributed by atoms with E-state index in [0.29, 0.717) is 36.6 Å². The van der Waals surface area contributed by atoms with E-state index < -0.39 is 5.60 Å². The van der Waals surface area contributed by atoms with E-state index in [-0.39, 0.29) is 18.3 Å². The molecule has 1 amide bonds. The molecule has 1 fully saturated rings. The molecule has 1 aromatic heterocycles. The number of methoxy groups -OCH3 is 1. The number of carbonyl (C=O) groups excluding carboxylic acids is 1.